The lowest BCUT2D eigenvalue weighted by Crippen LogP contribution is -2.36. The molecule has 2 heterocycles. The standard InChI is InChI=1S/C26H23BrF3N3O3/c27-18-7-2-5-16(13-18)25(9-10-25)24-31-20-8-3-11-33(14-19(20)22(35)32-24)23(36)21(34)15-4-1-6-17(12-15)26(28,29)30/h1-2,4-7,12-13,21,34H,3,8-11,14H2,(H,31,32,35)/t21-/m1/s1. The van der Waals surface area contributed by atoms with E-state index in [-0.39, 0.29) is 29.6 Å². The van der Waals surface area contributed by atoms with Crippen molar-refractivity contribution in [3.8, 4) is 0 Å². The molecule has 0 saturated heterocycles. The quantitative estimate of drug-likeness (QED) is 0.486. The summed E-state index contributed by atoms with van der Waals surface area (Å²) in [7, 11) is 0. The Morgan fingerprint density at radius 3 is 2.61 bits per heavy atom. The maximum atomic E-state index is 13.1. The Morgan fingerprint density at radius 1 is 1.17 bits per heavy atom. The van der Waals surface area contributed by atoms with Crippen molar-refractivity contribution >= 4 is 21.8 Å². The number of aromatic amines is 1. The molecule has 6 nitrogen and oxygen atoms in total. The van der Waals surface area contributed by atoms with Crippen LogP contribution in [0, 0.1) is 0 Å². The van der Waals surface area contributed by atoms with Crippen LogP contribution in [0.2, 0.25) is 0 Å². The minimum Gasteiger partial charge on any atom is -0.378 e. The molecule has 1 aliphatic heterocycles. The van der Waals surface area contributed by atoms with Gasteiger partial charge in [-0.2, -0.15) is 13.2 Å². The third-order valence-electron chi connectivity index (χ3n) is 6.95. The topological polar surface area (TPSA) is 86.3 Å². The van der Waals surface area contributed by atoms with E-state index in [0.29, 0.717) is 29.9 Å². The van der Waals surface area contributed by atoms with E-state index in [1.54, 1.807) is 0 Å². The van der Waals surface area contributed by atoms with Crippen LogP contribution in [0.3, 0.4) is 0 Å². The van der Waals surface area contributed by atoms with Crippen LogP contribution in [0.1, 0.15) is 59.1 Å². The number of amides is 1. The number of halogens is 4. The molecule has 0 radical (unpaired) electrons. The zero-order chi connectivity index (χ0) is 25.7. The van der Waals surface area contributed by atoms with Crippen LogP contribution in [0.25, 0.3) is 0 Å². The van der Waals surface area contributed by atoms with E-state index in [1.807, 2.05) is 24.3 Å². The Kier molecular flexibility index (Phi) is 6.28. The van der Waals surface area contributed by atoms with E-state index in [2.05, 4.69) is 20.9 Å². The molecule has 36 heavy (non-hydrogen) atoms. The molecule has 10 heteroatoms. The second kappa shape index (κ2) is 9.15. The largest absolute Gasteiger partial charge is 0.416 e. The van der Waals surface area contributed by atoms with Crippen molar-refractivity contribution in [2.24, 2.45) is 0 Å². The Hall–Kier alpha value is -2.98. The third kappa shape index (κ3) is 4.59. The van der Waals surface area contributed by atoms with Crippen molar-refractivity contribution in [2.45, 2.75) is 49.9 Å². The number of H-pyrrole nitrogens is 1. The number of fused-ring (bicyclic) bond motifs is 1. The van der Waals surface area contributed by atoms with E-state index in [1.165, 1.54) is 11.0 Å². The highest BCUT2D eigenvalue weighted by atomic mass is 79.9. The second-order valence-electron chi connectivity index (χ2n) is 9.32. The number of aliphatic hydroxyl groups is 1. The molecular weight excluding hydrogens is 539 g/mol. The molecule has 5 rings (SSSR count). The summed E-state index contributed by atoms with van der Waals surface area (Å²) in [6.07, 6.45) is -3.66. The SMILES string of the molecule is O=C([C@H](O)c1cccc(C(F)(F)F)c1)N1CCCc2nc(C3(c4cccc(Br)c4)CC3)[nH]c(=O)c2C1. The molecule has 0 spiro atoms. The molecule has 2 aliphatic rings. The Balaban J connectivity index is 1.41. The Labute approximate surface area is 213 Å². The lowest BCUT2D eigenvalue weighted by molar-refractivity contribution is -0.142. The van der Waals surface area contributed by atoms with Crippen LogP contribution in [0.4, 0.5) is 13.2 Å². The van der Waals surface area contributed by atoms with Crippen molar-refractivity contribution in [1.29, 1.82) is 0 Å². The smallest absolute Gasteiger partial charge is 0.378 e. The molecule has 188 valence electrons. The first-order valence-electron chi connectivity index (χ1n) is 11.6. The number of aliphatic hydroxyl groups excluding tert-OH is 1. The molecule has 1 atom stereocenters. The number of benzene rings is 2. The molecule has 1 aliphatic carbocycles. The van der Waals surface area contributed by atoms with Gasteiger partial charge in [0.1, 0.15) is 5.82 Å². The van der Waals surface area contributed by atoms with Gasteiger partial charge in [0.05, 0.1) is 28.8 Å². The lowest BCUT2D eigenvalue weighted by atomic mass is 9.94. The molecule has 3 aromatic rings. The van der Waals surface area contributed by atoms with E-state index < -0.39 is 23.8 Å². The van der Waals surface area contributed by atoms with Gasteiger partial charge in [0, 0.05) is 11.0 Å². The molecular formula is C26H23BrF3N3O3. The molecule has 1 saturated carbocycles. The van der Waals surface area contributed by atoms with Crippen molar-refractivity contribution in [2.75, 3.05) is 6.54 Å². The molecule has 0 unspecified atom stereocenters. The fourth-order valence-electron chi connectivity index (χ4n) is 4.81. The van der Waals surface area contributed by atoms with Gasteiger partial charge in [0.2, 0.25) is 0 Å². The predicted molar refractivity (Wildman–Crippen MR) is 129 cm³/mol. The van der Waals surface area contributed by atoms with Gasteiger partial charge >= 0.3 is 6.18 Å². The molecule has 2 aromatic carbocycles. The van der Waals surface area contributed by atoms with Crippen molar-refractivity contribution < 1.29 is 23.1 Å². The molecule has 1 aromatic heterocycles. The first-order valence-corrected chi connectivity index (χ1v) is 12.4. The van der Waals surface area contributed by atoms with Gasteiger partial charge in [-0.3, -0.25) is 9.59 Å². The van der Waals surface area contributed by atoms with Gasteiger partial charge < -0.3 is 15.0 Å². The normalized spacial score (nSPS) is 17.8. The summed E-state index contributed by atoms with van der Waals surface area (Å²) in [6, 6.07) is 12.0. The lowest BCUT2D eigenvalue weighted by Gasteiger charge is -2.24. The third-order valence-corrected chi connectivity index (χ3v) is 7.44. The van der Waals surface area contributed by atoms with Crippen LogP contribution < -0.4 is 5.56 Å². The van der Waals surface area contributed by atoms with Gasteiger partial charge in [-0.15, -0.1) is 0 Å². The number of hydrogen-bond donors (Lipinski definition) is 2. The summed E-state index contributed by atoms with van der Waals surface area (Å²) < 4.78 is 40.2. The van der Waals surface area contributed by atoms with Crippen LogP contribution in [0.5, 0.6) is 0 Å². The number of nitrogens with zero attached hydrogens (tertiary/aromatic N) is 2. The Bertz CT molecular complexity index is 1380. The van der Waals surface area contributed by atoms with Crippen LogP contribution >= 0.6 is 15.9 Å². The monoisotopic (exact) mass is 561 g/mol. The van der Waals surface area contributed by atoms with Gasteiger partial charge in [-0.05, 0) is 61.1 Å². The summed E-state index contributed by atoms with van der Waals surface area (Å²) in [5.41, 5.74) is 0.232. The number of carbonyl (C=O) groups is 1. The number of rotatable bonds is 4. The van der Waals surface area contributed by atoms with E-state index >= 15 is 0 Å². The molecule has 0 bridgehead atoms. The number of aryl methyl sites for hydroxylation is 1. The summed E-state index contributed by atoms with van der Waals surface area (Å²) in [5.74, 6) is -0.147. The molecule has 1 fully saturated rings. The highest BCUT2D eigenvalue weighted by Crippen LogP contribution is 2.52. The fourth-order valence-corrected chi connectivity index (χ4v) is 5.21. The van der Waals surface area contributed by atoms with E-state index in [9.17, 15) is 27.9 Å². The van der Waals surface area contributed by atoms with Gasteiger partial charge in [-0.1, -0.05) is 40.2 Å². The summed E-state index contributed by atoms with van der Waals surface area (Å²) >= 11 is 3.50. The summed E-state index contributed by atoms with van der Waals surface area (Å²) in [5, 5.41) is 10.6. The second-order valence-corrected chi connectivity index (χ2v) is 10.2. The molecule has 2 N–H and O–H groups in total. The molecule has 1 amide bonds. The van der Waals surface area contributed by atoms with Crippen molar-refractivity contribution in [1.82, 2.24) is 14.9 Å². The average Bonchev–Trinajstić information content (AvgIpc) is 3.67. The van der Waals surface area contributed by atoms with Gasteiger partial charge in [-0.25, -0.2) is 4.98 Å². The van der Waals surface area contributed by atoms with Gasteiger partial charge in [0.15, 0.2) is 6.10 Å². The minimum absolute atomic E-state index is 0.0727. The highest BCUT2D eigenvalue weighted by Gasteiger charge is 2.48. The number of hydrogen-bond acceptors (Lipinski definition) is 4. The van der Waals surface area contributed by atoms with Crippen LogP contribution in [0.15, 0.2) is 57.8 Å². The first-order chi connectivity index (χ1) is 17.1. The minimum atomic E-state index is -4.59. The number of aromatic nitrogens is 2. The first kappa shape index (κ1) is 24.7. The fraction of sp³-hybridized carbons (Fsp3) is 0.346. The average molecular weight is 562 g/mol. The van der Waals surface area contributed by atoms with Crippen LogP contribution in [-0.2, 0) is 29.4 Å². The highest BCUT2D eigenvalue weighted by molar-refractivity contribution is 9.10. The predicted octanol–water partition coefficient (Wildman–Crippen LogP) is 4.64. The maximum absolute atomic E-state index is 13.1. The van der Waals surface area contributed by atoms with E-state index in [0.717, 1.165) is 41.1 Å². The Morgan fingerprint density at radius 2 is 1.92 bits per heavy atom. The van der Waals surface area contributed by atoms with E-state index in [4.69, 9.17) is 4.98 Å². The van der Waals surface area contributed by atoms with Crippen molar-refractivity contribution in [3.05, 3.63) is 97.1 Å². The zero-order valence-corrected chi connectivity index (χ0v) is 20.7. The number of nitrogens with one attached hydrogen (secondary N) is 1. The van der Waals surface area contributed by atoms with Crippen LogP contribution in [-0.4, -0.2) is 32.4 Å². The summed E-state index contributed by atoms with van der Waals surface area (Å²) in [6.45, 7) is 0.174. The maximum Gasteiger partial charge on any atom is 0.416 e. The summed E-state index contributed by atoms with van der Waals surface area (Å²) in [4.78, 5) is 35.2. The number of carbonyl (C=O) groups excluding carboxylic acids is 1. The zero-order valence-electron chi connectivity index (χ0n) is 19.1. The van der Waals surface area contributed by atoms with Crippen molar-refractivity contribution in [3.63, 3.8) is 0 Å². The number of alkyl halides is 3. The van der Waals surface area contributed by atoms with Gasteiger partial charge in [0.25, 0.3) is 11.5 Å².